The Hall–Kier alpha value is -1.39. The van der Waals surface area contributed by atoms with E-state index in [9.17, 15) is 4.79 Å². The lowest BCUT2D eigenvalue weighted by atomic mass is 9.90. The molecule has 1 amide bonds. The van der Waals surface area contributed by atoms with Gasteiger partial charge < -0.3 is 11.1 Å². The second-order valence-electron chi connectivity index (χ2n) is 6.18. The van der Waals surface area contributed by atoms with Gasteiger partial charge in [-0.2, -0.15) is 0 Å². The van der Waals surface area contributed by atoms with Gasteiger partial charge in [-0.25, -0.2) is 0 Å². The number of benzene rings is 1. The standard InChI is InChI=1S/C16H25N3O/c1-13-5-3-4-6-14(13)9-18-15(20)10-19-8-7-16(2,11-17)12-19/h3-6H,7-12,17H2,1-2H3,(H,18,20). The largest absolute Gasteiger partial charge is 0.351 e. The molecule has 4 heteroatoms. The number of nitrogens with zero attached hydrogens (tertiary/aromatic N) is 1. The van der Waals surface area contributed by atoms with Crippen LogP contribution in [0.5, 0.6) is 0 Å². The number of aryl methyl sites for hydroxylation is 1. The minimum absolute atomic E-state index is 0.0922. The number of carbonyl (C=O) groups excluding carboxylic acids is 1. The van der Waals surface area contributed by atoms with Crippen molar-refractivity contribution >= 4 is 5.91 Å². The monoisotopic (exact) mass is 275 g/mol. The maximum absolute atomic E-state index is 12.0. The lowest BCUT2D eigenvalue weighted by Crippen LogP contribution is -2.38. The van der Waals surface area contributed by atoms with Gasteiger partial charge in [0.25, 0.3) is 0 Å². The van der Waals surface area contributed by atoms with Crippen LogP contribution in [0.25, 0.3) is 0 Å². The van der Waals surface area contributed by atoms with Gasteiger partial charge >= 0.3 is 0 Å². The summed E-state index contributed by atoms with van der Waals surface area (Å²) in [5.74, 6) is 0.0922. The minimum atomic E-state index is 0.0922. The molecule has 1 aromatic rings. The molecule has 1 fully saturated rings. The highest BCUT2D eigenvalue weighted by Crippen LogP contribution is 2.27. The number of rotatable bonds is 5. The summed E-state index contributed by atoms with van der Waals surface area (Å²) in [5.41, 5.74) is 8.35. The highest BCUT2D eigenvalue weighted by molar-refractivity contribution is 5.78. The minimum Gasteiger partial charge on any atom is -0.351 e. The topological polar surface area (TPSA) is 58.4 Å². The van der Waals surface area contributed by atoms with Gasteiger partial charge in [0.1, 0.15) is 0 Å². The third-order valence-corrected chi connectivity index (χ3v) is 4.23. The number of hydrogen-bond acceptors (Lipinski definition) is 3. The summed E-state index contributed by atoms with van der Waals surface area (Å²) in [6.45, 7) is 7.91. The predicted octanol–water partition coefficient (Wildman–Crippen LogP) is 1.28. The number of nitrogens with one attached hydrogen (secondary N) is 1. The molecule has 1 heterocycles. The Morgan fingerprint density at radius 1 is 1.45 bits per heavy atom. The van der Waals surface area contributed by atoms with Gasteiger partial charge in [0.15, 0.2) is 0 Å². The van der Waals surface area contributed by atoms with Crippen molar-refractivity contribution < 1.29 is 4.79 Å². The molecule has 3 N–H and O–H groups in total. The smallest absolute Gasteiger partial charge is 0.234 e. The van der Waals surface area contributed by atoms with E-state index in [2.05, 4.69) is 36.2 Å². The van der Waals surface area contributed by atoms with E-state index < -0.39 is 0 Å². The molecule has 20 heavy (non-hydrogen) atoms. The summed E-state index contributed by atoms with van der Waals surface area (Å²) in [6, 6.07) is 8.13. The van der Waals surface area contributed by atoms with Crippen molar-refractivity contribution in [2.75, 3.05) is 26.2 Å². The summed E-state index contributed by atoms with van der Waals surface area (Å²) in [7, 11) is 0. The number of nitrogens with two attached hydrogens (primary N) is 1. The summed E-state index contributed by atoms with van der Waals surface area (Å²) in [6.07, 6.45) is 1.08. The third kappa shape index (κ3) is 3.81. The van der Waals surface area contributed by atoms with E-state index in [1.807, 2.05) is 12.1 Å². The molecule has 0 saturated carbocycles. The van der Waals surface area contributed by atoms with Crippen LogP contribution < -0.4 is 11.1 Å². The Morgan fingerprint density at radius 2 is 2.20 bits per heavy atom. The van der Waals surface area contributed by atoms with E-state index in [0.29, 0.717) is 19.6 Å². The van der Waals surface area contributed by atoms with Crippen molar-refractivity contribution in [2.24, 2.45) is 11.1 Å². The van der Waals surface area contributed by atoms with Crippen molar-refractivity contribution in [3.8, 4) is 0 Å². The SMILES string of the molecule is Cc1ccccc1CNC(=O)CN1CCC(C)(CN)C1. The molecule has 2 rings (SSSR count). The normalized spacial score (nSPS) is 22.9. The molecule has 0 aliphatic carbocycles. The van der Waals surface area contributed by atoms with Crippen molar-refractivity contribution in [1.82, 2.24) is 10.2 Å². The van der Waals surface area contributed by atoms with Crippen molar-refractivity contribution in [2.45, 2.75) is 26.8 Å². The molecular formula is C16H25N3O. The van der Waals surface area contributed by atoms with E-state index in [1.165, 1.54) is 11.1 Å². The van der Waals surface area contributed by atoms with Crippen LogP contribution in [-0.2, 0) is 11.3 Å². The highest BCUT2D eigenvalue weighted by Gasteiger charge is 2.32. The molecule has 0 spiro atoms. The number of likely N-dealkylation sites (tertiary alicyclic amines) is 1. The lowest BCUT2D eigenvalue weighted by Gasteiger charge is -2.22. The maximum atomic E-state index is 12.0. The Balaban J connectivity index is 1.78. The summed E-state index contributed by atoms with van der Waals surface area (Å²) in [4.78, 5) is 14.2. The van der Waals surface area contributed by atoms with E-state index in [-0.39, 0.29) is 11.3 Å². The average Bonchev–Trinajstić information content (AvgIpc) is 2.80. The first-order valence-corrected chi connectivity index (χ1v) is 7.26. The van der Waals surface area contributed by atoms with Gasteiger partial charge in [0.2, 0.25) is 5.91 Å². The molecular weight excluding hydrogens is 250 g/mol. The zero-order chi connectivity index (χ0) is 14.6. The van der Waals surface area contributed by atoms with Crippen LogP contribution in [0.1, 0.15) is 24.5 Å². The quantitative estimate of drug-likeness (QED) is 0.851. The van der Waals surface area contributed by atoms with Crippen LogP contribution in [0.15, 0.2) is 24.3 Å². The van der Waals surface area contributed by atoms with E-state index >= 15 is 0 Å². The fourth-order valence-electron chi connectivity index (χ4n) is 2.69. The van der Waals surface area contributed by atoms with E-state index in [0.717, 1.165) is 19.5 Å². The zero-order valence-electron chi connectivity index (χ0n) is 12.5. The van der Waals surface area contributed by atoms with Gasteiger partial charge in [0.05, 0.1) is 6.54 Å². The number of carbonyl (C=O) groups is 1. The Bertz CT molecular complexity index is 475. The van der Waals surface area contributed by atoms with Gasteiger partial charge in [-0.15, -0.1) is 0 Å². The first kappa shape index (κ1) is 15.0. The second-order valence-corrected chi connectivity index (χ2v) is 6.18. The zero-order valence-corrected chi connectivity index (χ0v) is 12.5. The van der Waals surface area contributed by atoms with Crippen LogP contribution in [0.2, 0.25) is 0 Å². The van der Waals surface area contributed by atoms with Crippen LogP contribution >= 0.6 is 0 Å². The van der Waals surface area contributed by atoms with Gasteiger partial charge in [-0.3, -0.25) is 9.69 Å². The molecule has 1 aromatic carbocycles. The summed E-state index contributed by atoms with van der Waals surface area (Å²) in [5, 5.41) is 3.00. The van der Waals surface area contributed by atoms with E-state index in [4.69, 9.17) is 5.73 Å². The first-order valence-electron chi connectivity index (χ1n) is 7.26. The number of hydrogen-bond donors (Lipinski definition) is 2. The van der Waals surface area contributed by atoms with Gasteiger partial charge in [-0.1, -0.05) is 31.2 Å². The molecule has 0 radical (unpaired) electrons. The molecule has 1 unspecified atom stereocenters. The molecule has 4 nitrogen and oxygen atoms in total. The van der Waals surface area contributed by atoms with Crippen LogP contribution in [0, 0.1) is 12.3 Å². The van der Waals surface area contributed by atoms with Crippen LogP contribution in [0.4, 0.5) is 0 Å². The predicted molar refractivity (Wildman–Crippen MR) is 81.2 cm³/mol. The fourth-order valence-corrected chi connectivity index (χ4v) is 2.69. The molecule has 0 aromatic heterocycles. The fraction of sp³-hybridized carbons (Fsp3) is 0.562. The van der Waals surface area contributed by atoms with E-state index in [1.54, 1.807) is 0 Å². The average molecular weight is 275 g/mol. The van der Waals surface area contributed by atoms with Crippen LogP contribution in [0.3, 0.4) is 0 Å². The van der Waals surface area contributed by atoms with Crippen LogP contribution in [-0.4, -0.2) is 37.0 Å². The summed E-state index contributed by atoms with van der Waals surface area (Å²) >= 11 is 0. The van der Waals surface area contributed by atoms with Crippen molar-refractivity contribution in [3.05, 3.63) is 35.4 Å². The maximum Gasteiger partial charge on any atom is 0.234 e. The Labute approximate surface area is 121 Å². The number of amides is 1. The highest BCUT2D eigenvalue weighted by atomic mass is 16.2. The van der Waals surface area contributed by atoms with Gasteiger partial charge in [-0.05, 0) is 43.0 Å². The lowest BCUT2D eigenvalue weighted by molar-refractivity contribution is -0.122. The van der Waals surface area contributed by atoms with Crippen molar-refractivity contribution in [3.63, 3.8) is 0 Å². The molecule has 1 saturated heterocycles. The Morgan fingerprint density at radius 3 is 2.85 bits per heavy atom. The third-order valence-electron chi connectivity index (χ3n) is 4.23. The molecule has 1 atom stereocenters. The summed E-state index contributed by atoms with van der Waals surface area (Å²) < 4.78 is 0. The second kappa shape index (κ2) is 6.37. The molecule has 110 valence electrons. The molecule has 1 aliphatic heterocycles. The van der Waals surface area contributed by atoms with Gasteiger partial charge in [0, 0.05) is 13.1 Å². The first-order chi connectivity index (χ1) is 9.52. The Kier molecular flexibility index (Phi) is 4.78. The molecule has 1 aliphatic rings. The van der Waals surface area contributed by atoms with Crippen molar-refractivity contribution in [1.29, 1.82) is 0 Å². The molecule has 0 bridgehead atoms.